The molecule has 4 bridgehead atoms. The summed E-state index contributed by atoms with van der Waals surface area (Å²) in [5.74, 6) is 5.02. The Balaban J connectivity index is 1.18. The fourth-order valence-corrected chi connectivity index (χ4v) is 10.3. The van der Waals surface area contributed by atoms with Gasteiger partial charge in [-0.2, -0.15) is 5.26 Å². The van der Waals surface area contributed by atoms with Crippen molar-refractivity contribution in [2.45, 2.75) is 37.5 Å². The van der Waals surface area contributed by atoms with E-state index in [4.69, 9.17) is 15.0 Å². The van der Waals surface area contributed by atoms with Crippen molar-refractivity contribution in [2.75, 3.05) is 0 Å². The molecule has 6 aromatic rings. The summed E-state index contributed by atoms with van der Waals surface area (Å²) in [4.78, 5) is 15.2. The highest BCUT2D eigenvalue weighted by atomic mass is 15.0. The molecule has 0 aliphatic heterocycles. The summed E-state index contributed by atoms with van der Waals surface area (Å²) in [7, 11) is 0. The minimum atomic E-state index is -0.0384. The smallest absolute Gasteiger partial charge is 0.164 e. The second-order valence-corrected chi connectivity index (χ2v) is 14.4. The third-order valence-electron chi connectivity index (χ3n) is 12.0. The summed E-state index contributed by atoms with van der Waals surface area (Å²) in [6.07, 6.45) is 6.62. The molecule has 5 aliphatic rings. The zero-order valence-electron chi connectivity index (χ0n) is 26.7. The maximum absolute atomic E-state index is 9.98. The summed E-state index contributed by atoms with van der Waals surface area (Å²) >= 11 is 0. The molecule has 0 amide bonds. The van der Waals surface area contributed by atoms with Crippen molar-refractivity contribution < 1.29 is 0 Å². The zero-order chi connectivity index (χ0) is 31.8. The Kier molecular flexibility index (Phi) is 6.09. The minimum absolute atomic E-state index is 0.0384. The van der Waals surface area contributed by atoms with Crippen LogP contribution in [0.1, 0.15) is 48.8 Å². The van der Waals surface area contributed by atoms with E-state index in [0.29, 0.717) is 29.3 Å². The standard InChI is InChI=1S/C44H34N4/c45-26-33-13-7-8-14-36(33)31-15-17-37-38-18-16-32(25-40(38)44(39(37)24-31)34-20-27-19-28(22-34)23-35(44)21-27)43-47-41(29-9-3-1-4-10-29)46-42(48-43)30-11-5-2-6-12-30/h1-18,24-25,27-28,34-35H,19-23H2. The fourth-order valence-electron chi connectivity index (χ4n) is 10.3. The van der Waals surface area contributed by atoms with Gasteiger partial charge < -0.3 is 0 Å². The first-order valence-electron chi connectivity index (χ1n) is 17.3. The van der Waals surface area contributed by atoms with Gasteiger partial charge >= 0.3 is 0 Å². The van der Waals surface area contributed by atoms with E-state index in [1.165, 1.54) is 54.4 Å². The number of fused-ring (bicyclic) bond motifs is 3. The van der Waals surface area contributed by atoms with Gasteiger partial charge in [-0.3, -0.25) is 0 Å². The highest BCUT2D eigenvalue weighted by Gasteiger charge is 2.61. The van der Waals surface area contributed by atoms with Crippen molar-refractivity contribution in [1.29, 1.82) is 5.26 Å². The lowest BCUT2D eigenvalue weighted by Gasteiger charge is -2.61. The molecule has 48 heavy (non-hydrogen) atoms. The van der Waals surface area contributed by atoms with Crippen LogP contribution < -0.4 is 0 Å². The summed E-state index contributed by atoms with van der Waals surface area (Å²) < 4.78 is 0. The molecule has 4 nitrogen and oxygen atoms in total. The van der Waals surface area contributed by atoms with Gasteiger partial charge in [-0.15, -0.1) is 0 Å². The molecule has 0 radical (unpaired) electrons. The Labute approximate surface area is 281 Å². The Hall–Kier alpha value is -5.40. The zero-order valence-corrected chi connectivity index (χ0v) is 26.7. The molecule has 1 spiro atoms. The topological polar surface area (TPSA) is 62.5 Å². The van der Waals surface area contributed by atoms with Crippen molar-refractivity contribution in [3.63, 3.8) is 0 Å². The average molecular weight is 619 g/mol. The van der Waals surface area contributed by atoms with Crippen molar-refractivity contribution in [3.8, 4) is 62.5 Å². The van der Waals surface area contributed by atoms with Gasteiger partial charge in [0, 0.05) is 22.1 Å². The van der Waals surface area contributed by atoms with Crippen molar-refractivity contribution in [1.82, 2.24) is 15.0 Å². The van der Waals surface area contributed by atoms with Crippen LogP contribution in [0.4, 0.5) is 0 Å². The Morgan fingerprint density at radius 1 is 0.479 bits per heavy atom. The number of benzene rings is 5. The summed E-state index contributed by atoms with van der Waals surface area (Å²) in [6.45, 7) is 0. The molecule has 0 unspecified atom stereocenters. The van der Waals surface area contributed by atoms with Gasteiger partial charge in [0.15, 0.2) is 17.5 Å². The van der Waals surface area contributed by atoms with Gasteiger partial charge in [-0.1, -0.05) is 103 Å². The van der Waals surface area contributed by atoms with E-state index in [1.54, 1.807) is 0 Å². The number of hydrogen-bond donors (Lipinski definition) is 0. The lowest BCUT2D eigenvalue weighted by Crippen LogP contribution is -2.55. The van der Waals surface area contributed by atoms with Crippen LogP contribution in [-0.4, -0.2) is 15.0 Å². The van der Waals surface area contributed by atoms with E-state index in [0.717, 1.165) is 45.2 Å². The SMILES string of the molecule is N#Cc1ccccc1-c1ccc2c(c1)C1(c3cc(-c4nc(-c5ccccc5)nc(-c5ccccc5)n4)ccc3-2)C2CC3CC(C2)CC1C3. The first kappa shape index (κ1) is 27.7. The fraction of sp³-hybridized carbons (Fsp3) is 0.227. The molecule has 4 saturated carbocycles. The van der Waals surface area contributed by atoms with Crippen molar-refractivity contribution in [3.05, 3.63) is 138 Å². The lowest BCUT2D eigenvalue weighted by molar-refractivity contribution is -0.0399. The molecule has 5 aromatic carbocycles. The van der Waals surface area contributed by atoms with Crippen LogP contribution in [0.25, 0.3) is 56.4 Å². The minimum Gasteiger partial charge on any atom is -0.208 e. The summed E-state index contributed by atoms with van der Waals surface area (Å²) in [6, 6.07) is 45.0. The van der Waals surface area contributed by atoms with Gasteiger partial charge in [-0.25, -0.2) is 15.0 Å². The number of rotatable bonds is 4. The van der Waals surface area contributed by atoms with Crippen LogP contribution in [0.15, 0.2) is 121 Å². The average Bonchev–Trinajstić information content (AvgIpc) is 3.43. The Morgan fingerprint density at radius 2 is 0.958 bits per heavy atom. The maximum atomic E-state index is 9.98. The molecule has 0 N–H and O–H groups in total. The van der Waals surface area contributed by atoms with Gasteiger partial charge in [-0.05, 0) is 107 Å². The van der Waals surface area contributed by atoms with Crippen LogP contribution in [0.5, 0.6) is 0 Å². The van der Waals surface area contributed by atoms with Crippen LogP contribution >= 0.6 is 0 Å². The van der Waals surface area contributed by atoms with Gasteiger partial charge in [0.1, 0.15) is 0 Å². The molecule has 1 aromatic heterocycles. The molecule has 1 heterocycles. The number of nitriles is 1. The maximum Gasteiger partial charge on any atom is 0.164 e. The number of nitrogens with zero attached hydrogens (tertiary/aromatic N) is 4. The first-order chi connectivity index (χ1) is 23.7. The molecular formula is C44H34N4. The van der Waals surface area contributed by atoms with Crippen LogP contribution in [0.2, 0.25) is 0 Å². The molecule has 4 heteroatoms. The van der Waals surface area contributed by atoms with E-state index >= 15 is 0 Å². The molecular weight excluding hydrogens is 585 g/mol. The van der Waals surface area contributed by atoms with Crippen molar-refractivity contribution in [2.24, 2.45) is 23.7 Å². The second-order valence-electron chi connectivity index (χ2n) is 14.4. The molecule has 230 valence electrons. The van der Waals surface area contributed by atoms with E-state index in [2.05, 4.69) is 72.8 Å². The molecule has 0 saturated heterocycles. The third-order valence-corrected chi connectivity index (χ3v) is 12.0. The number of aromatic nitrogens is 3. The van der Waals surface area contributed by atoms with Crippen molar-refractivity contribution >= 4 is 0 Å². The molecule has 0 atom stereocenters. The van der Waals surface area contributed by atoms with Crippen LogP contribution in [-0.2, 0) is 5.41 Å². The molecule has 11 rings (SSSR count). The molecule has 5 aliphatic carbocycles. The van der Waals surface area contributed by atoms with E-state index in [-0.39, 0.29) is 5.41 Å². The monoisotopic (exact) mass is 618 g/mol. The highest BCUT2D eigenvalue weighted by Crippen LogP contribution is 2.69. The number of hydrogen-bond acceptors (Lipinski definition) is 4. The highest BCUT2D eigenvalue weighted by molar-refractivity contribution is 5.87. The predicted molar refractivity (Wildman–Crippen MR) is 190 cm³/mol. The molecule has 4 fully saturated rings. The Bertz CT molecular complexity index is 2180. The largest absolute Gasteiger partial charge is 0.208 e. The normalized spacial score (nSPS) is 24.3. The second kappa shape index (κ2) is 10.6. The predicted octanol–water partition coefficient (Wildman–Crippen LogP) is 10.1. The van der Waals surface area contributed by atoms with E-state index < -0.39 is 0 Å². The summed E-state index contributed by atoms with van der Waals surface area (Å²) in [5.41, 5.74) is 11.5. The van der Waals surface area contributed by atoms with Crippen LogP contribution in [0, 0.1) is 35.0 Å². The van der Waals surface area contributed by atoms with Gasteiger partial charge in [0.2, 0.25) is 0 Å². The summed E-state index contributed by atoms with van der Waals surface area (Å²) in [5, 5.41) is 9.98. The van der Waals surface area contributed by atoms with E-state index in [1.807, 2.05) is 54.6 Å². The van der Waals surface area contributed by atoms with E-state index in [9.17, 15) is 5.26 Å². The Morgan fingerprint density at radius 3 is 1.52 bits per heavy atom. The van der Waals surface area contributed by atoms with Crippen LogP contribution in [0.3, 0.4) is 0 Å². The third kappa shape index (κ3) is 4.04. The lowest BCUT2D eigenvalue weighted by atomic mass is 9.43. The van der Waals surface area contributed by atoms with Gasteiger partial charge in [0.25, 0.3) is 0 Å². The van der Waals surface area contributed by atoms with Gasteiger partial charge in [0.05, 0.1) is 11.6 Å². The quantitative estimate of drug-likeness (QED) is 0.197. The first-order valence-corrected chi connectivity index (χ1v) is 17.3.